The van der Waals surface area contributed by atoms with E-state index in [0.29, 0.717) is 5.75 Å². The molecule has 2 N–H and O–H groups in total. The van der Waals surface area contributed by atoms with Crippen molar-refractivity contribution in [3.63, 3.8) is 0 Å². The van der Waals surface area contributed by atoms with Crippen LogP contribution in [0.3, 0.4) is 0 Å². The lowest BCUT2D eigenvalue weighted by molar-refractivity contribution is -0.128. The molecule has 0 saturated carbocycles. The van der Waals surface area contributed by atoms with Crippen molar-refractivity contribution in [3.05, 3.63) is 36.9 Å². The lowest BCUT2D eigenvalue weighted by Gasteiger charge is -2.14. The number of hydrogen-bond donors (Lipinski definition) is 2. The highest BCUT2D eigenvalue weighted by Gasteiger charge is 2.32. The lowest BCUT2D eigenvalue weighted by atomic mass is 10.3. The van der Waals surface area contributed by atoms with Crippen molar-refractivity contribution < 1.29 is 23.2 Å². The lowest BCUT2D eigenvalue weighted by Crippen LogP contribution is -2.38. The molecule has 1 aromatic rings. The van der Waals surface area contributed by atoms with Crippen molar-refractivity contribution >= 4 is 15.7 Å². The highest BCUT2D eigenvalue weighted by molar-refractivity contribution is 7.92. The van der Waals surface area contributed by atoms with Crippen molar-refractivity contribution in [2.45, 2.75) is 16.6 Å². The van der Waals surface area contributed by atoms with Gasteiger partial charge in [-0.15, -0.1) is 6.58 Å². The molecule has 0 saturated heterocycles. The number of ether oxygens (including phenoxy) is 1. The summed E-state index contributed by atoms with van der Waals surface area (Å²) in [6.07, 6.45) is 1.21. The van der Waals surface area contributed by atoms with Gasteiger partial charge < -0.3 is 4.74 Å². The average Bonchev–Trinajstić information content (AvgIpc) is 2.43. The maximum absolute atomic E-state index is 12.3. The number of carbonyl (C=O) groups is 1. The fourth-order valence-electron chi connectivity index (χ4n) is 1.53. The highest BCUT2D eigenvalue weighted by atomic mass is 32.2. The van der Waals surface area contributed by atoms with Crippen molar-refractivity contribution in [3.8, 4) is 5.75 Å². The maximum atomic E-state index is 12.3. The summed E-state index contributed by atoms with van der Waals surface area (Å²) in [5, 5.41) is 7.19. The summed E-state index contributed by atoms with van der Waals surface area (Å²) in [6, 6.07) is 5.65. The predicted octanol–water partition coefficient (Wildman–Crippen LogP) is 0.919. The van der Waals surface area contributed by atoms with Crippen LogP contribution in [0.15, 0.2) is 41.8 Å². The van der Waals surface area contributed by atoms with Crippen LogP contribution in [0.2, 0.25) is 0 Å². The molecule has 19 heavy (non-hydrogen) atoms. The minimum atomic E-state index is -3.90. The van der Waals surface area contributed by atoms with Gasteiger partial charge in [0.05, 0.1) is 12.0 Å². The standard InChI is InChI=1S/C12H15NO5S/c1-3-4-11(12(14)13-15)19(16,17)10-7-5-9(18-2)6-8-10/h3,5-8,11,15H,1,4H2,2H3,(H,13,14). The molecule has 0 aliphatic rings. The molecule has 0 radical (unpaired) electrons. The van der Waals surface area contributed by atoms with Gasteiger partial charge in [0, 0.05) is 0 Å². The predicted molar refractivity (Wildman–Crippen MR) is 68.7 cm³/mol. The van der Waals surface area contributed by atoms with Gasteiger partial charge in [-0.3, -0.25) is 10.0 Å². The van der Waals surface area contributed by atoms with E-state index >= 15 is 0 Å². The van der Waals surface area contributed by atoms with Crippen LogP contribution in [0.5, 0.6) is 5.75 Å². The molecule has 1 amide bonds. The van der Waals surface area contributed by atoms with Gasteiger partial charge in [-0.05, 0) is 30.7 Å². The summed E-state index contributed by atoms with van der Waals surface area (Å²) >= 11 is 0. The van der Waals surface area contributed by atoms with Gasteiger partial charge in [0.1, 0.15) is 11.0 Å². The number of benzene rings is 1. The molecular formula is C12H15NO5S. The molecule has 0 fully saturated rings. The Bertz CT molecular complexity index is 550. The number of hydrogen-bond acceptors (Lipinski definition) is 5. The Balaban J connectivity index is 3.18. The first-order chi connectivity index (χ1) is 8.97. The second-order valence-corrected chi connectivity index (χ2v) is 5.84. The Morgan fingerprint density at radius 1 is 1.47 bits per heavy atom. The van der Waals surface area contributed by atoms with E-state index in [2.05, 4.69) is 6.58 Å². The maximum Gasteiger partial charge on any atom is 0.262 e. The van der Waals surface area contributed by atoms with E-state index in [1.54, 1.807) is 0 Å². The fraction of sp³-hybridized carbons (Fsp3) is 0.250. The SMILES string of the molecule is C=CCC(C(=O)NO)S(=O)(=O)c1ccc(OC)cc1. The van der Waals surface area contributed by atoms with Gasteiger partial charge in [-0.25, -0.2) is 13.9 Å². The molecule has 7 heteroatoms. The van der Waals surface area contributed by atoms with E-state index < -0.39 is 21.0 Å². The number of methoxy groups -OCH3 is 1. The van der Waals surface area contributed by atoms with E-state index in [4.69, 9.17) is 9.94 Å². The number of sulfone groups is 1. The van der Waals surface area contributed by atoms with E-state index in [-0.39, 0.29) is 11.3 Å². The molecule has 0 aliphatic carbocycles. The number of nitrogens with one attached hydrogen (secondary N) is 1. The zero-order chi connectivity index (χ0) is 14.5. The van der Waals surface area contributed by atoms with Crippen LogP contribution in [0.1, 0.15) is 6.42 Å². The molecule has 0 spiro atoms. The van der Waals surface area contributed by atoms with Crippen LogP contribution in [-0.4, -0.2) is 31.9 Å². The van der Waals surface area contributed by atoms with Crippen molar-refractivity contribution in [2.24, 2.45) is 0 Å². The molecule has 1 rings (SSSR count). The second-order valence-electron chi connectivity index (χ2n) is 3.71. The molecule has 0 aliphatic heterocycles. The highest BCUT2D eigenvalue weighted by Crippen LogP contribution is 2.21. The molecule has 0 aromatic heterocycles. The largest absolute Gasteiger partial charge is 0.497 e. The van der Waals surface area contributed by atoms with E-state index in [0.717, 1.165) is 0 Å². The zero-order valence-corrected chi connectivity index (χ0v) is 11.2. The quantitative estimate of drug-likeness (QED) is 0.460. The van der Waals surface area contributed by atoms with Crippen LogP contribution in [0, 0.1) is 0 Å². The summed E-state index contributed by atoms with van der Waals surface area (Å²) in [5.41, 5.74) is 1.36. The number of rotatable bonds is 6. The van der Waals surface area contributed by atoms with Crippen LogP contribution >= 0.6 is 0 Å². The fourth-order valence-corrected chi connectivity index (χ4v) is 3.10. The van der Waals surface area contributed by atoms with Crippen LogP contribution in [0.4, 0.5) is 0 Å². The van der Waals surface area contributed by atoms with Crippen LogP contribution < -0.4 is 10.2 Å². The molecule has 1 unspecified atom stereocenters. The number of allylic oxidation sites excluding steroid dienone is 1. The smallest absolute Gasteiger partial charge is 0.262 e. The molecule has 1 aromatic carbocycles. The summed E-state index contributed by atoms with van der Waals surface area (Å²) < 4.78 is 29.5. The molecule has 104 valence electrons. The molecule has 6 nitrogen and oxygen atoms in total. The Kier molecular flexibility index (Phi) is 5.08. The third-order valence-corrected chi connectivity index (χ3v) is 4.63. The van der Waals surface area contributed by atoms with Crippen LogP contribution in [-0.2, 0) is 14.6 Å². The monoisotopic (exact) mass is 285 g/mol. The Morgan fingerprint density at radius 2 is 2.05 bits per heavy atom. The first kappa shape index (κ1) is 15.2. The Hall–Kier alpha value is -1.86. The summed E-state index contributed by atoms with van der Waals surface area (Å²) in [7, 11) is -2.44. The van der Waals surface area contributed by atoms with E-state index in [1.807, 2.05) is 0 Å². The van der Waals surface area contributed by atoms with Gasteiger partial charge in [0.15, 0.2) is 9.84 Å². The summed E-state index contributed by atoms with van der Waals surface area (Å²) in [5.74, 6) is -0.485. The minimum absolute atomic E-state index is 0.0243. The minimum Gasteiger partial charge on any atom is -0.497 e. The van der Waals surface area contributed by atoms with E-state index in [9.17, 15) is 13.2 Å². The van der Waals surface area contributed by atoms with Gasteiger partial charge in [0.25, 0.3) is 5.91 Å². The van der Waals surface area contributed by atoms with E-state index in [1.165, 1.54) is 42.9 Å². The first-order valence-electron chi connectivity index (χ1n) is 5.40. The summed E-state index contributed by atoms with van der Waals surface area (Å²) in [4.78, 5) is 11.4. The number of hydroxylamine groups is 1. The van der Waals surface area contributed by atoms with Crippen LogP contribution in [0.25, 0.3) is 0 Å². The first-order valence-corrected chi connectivity index (χ1v) is 6.94. The Morgan fingerprint density at radius 3 is 2.47 bits per heavy atom. The molecule has 0 bridgehead atoms. The second kappa shape index (κ2) is 6.35. The molecule has 1 atom stereocenters. The number of carbonyl (C=O) groups excluding carboxylic acids is 1. The zero-order valence-electron chi connectivity index (χ0n) is 10.4. The third kappa shape index (κ3) is 3.33. The molecule has 0 heterocycles. The van der Waals surface area contributed by atoms with Gasteiger partial charge in [0.2, 0.25) is 0 Å². The topological polar surface area (TPSA) is 92.7 Å². The van der Waals surface area contributed by atoms with Gasteiger partial charge in [-0.1, -0.05) is 6.08 Å². The van der Waals surface area contributed by atoms with Crippen molar-refractivity contribution in [1.29, 1.82) is 0 Å². The third-order valence-electron chi connectivity index (χ3n) is 2.55. The Labute approximate surface area is 111 Å². The average molecular weight is 285 g/mol. The number of amides is 1. The molecular weight excluding hydrogens is 270 g/mol. The van der Waals surface area contributed by atoms with Crippen molar-refractivity contribution in [1.82, 2.24) is 5.48 Å². The summed E-state index contributed by atoms with van der Waals surface area (Å²) in [6.45, 7) is 3.41. The van der Waals surface area contributed by atoms with Gasteiger partial charge >= 0.3 is 0 Å². The van der Waals surface area contributed by atoms with Crippen molar-refractivity contribution in [2.75, 3.05) is 7.11 Å². The van der Waals surface area contributed by atoms with Gasteiger partial charge in [-0.2, -0.15) is 0 Å². The normalized spacial score (nSPS) is 12.5.